The Morgan fingerprint density at radius 1 is 0.800 bits per heavy atom. The van der Waals surface area contributed by atoms with Crippen molar-refractivity contribution in [1.82, 2.24) is 0 Å². The van der Waals surface area contributed by atoms with E-state index in [1.165, 1.54) is 82.4 Å². The number of aromatic hydroxyl groups is 4. The SMILES string of the molecule is CC(=O)OCC=CC1=CC2=C(CO1)C(=O)C(C)(OC(=O)c1c(C)cc(O)cc1O)C(=O)C2=CC=CC1=CC2=C(CO1)C(=O)C(C)(O)C(OC(=O)c1c(C)cc(O)cc1O)C2. The summed E-state index contributed by atoms with van der Waals surface area (Å²) in [6, 6.07) is 4.30. The Labute approximate surface area is 342 Å². The van der Waals surface area contributed by atoms with Crippen molar-refractivity contribution in [2.24, 2.45) is 0 Å². The van der Waals surface area contributed by atoms with Gasteiger partial charge in [0.05, 0.1) is 0 Å². The highest BCUT2D eigenvalue weighted by Gasteiger charge is 2.53. The number of aryl methyl sites for hydroxylation is 2. The molecule has 16 nitrogen and oxygen atoms in total. The second-order valence-electron chi connectivity index (χ2n) is 14.7. The normalized spacial score (nSPS) is 23.5. The molecule has 60 heavy (non-hydrogen) atoms. The van der Waals surface area contributed by atoms with E-state index in [9.17, 15) is 54.3 Å². The van der Waals surface area contributed by atoms with Crippen LogP contribution in [0.5, 0.6) is 23.0 Å². The van der Waals surface area contributed by atoms with Crippen LogP contribution in [0, 0.1) is 13.8 Å². The number of Topliss-reactive ketones (excluding diaryl/α,β-unsaturated/α-hetero) is 3. The molecule has 0 fully saturated rings. The first-order valence-electron chi connectivity index (χ1n) is 18.4. The molecule has 0 saturated heterocycles. The molecule has 0 bridgehead atoms. The van der Waals surface area contributed by atoms with E-state index in [0.717, 1.165) is 19.1 Å². The third-order valence-corrected chi connectivity index (χ3v) is 10.3. The molecule has 2 aromatic rings. The van der Waals surface area contributed by atoms with Crippen LogP contribution in [-0.2, 0) is 42.9 Å². The largest absolute Gasteiger partial charge is 0.508 e. The third kappa shape index (κ3) is 8.09. The maximum atomic E-state index is 14.3. The second kappa shape index (κ2) is 16.2. The van der Waals surface area contributed by atoms with Gasteiger partial charge in [0.2, 0.25) is 17.2 Å². The molecule has 0 spiro atoms. The Hall–Kier alpha value is -7.20. The molecule has 3 unspecified atom stereocenters. The van der Waals surface area contributed by atoms with Gasteiger partial charge in [0, 0.05) is 42.2 Å². The van der Waals surface area contributed by atoms with Crippen LogP contribution in [-0.4, -0.2) is 97.9 Å². The van der Waals surface area contributed by atoms with Crippen molar-refractivity contribution in [2.75, 3.05) is 19.8 Å². The minimum absolute atomic E-state index is 0.0135. The summed E-state index contributed by atoms with van der Waals surface area (Å²) in [7, 11) is 0. The van der Waals surface area contributed by atoms with E-state index in [1.807, 2.05) is 0 Å². The van der Waals surface area contributed by atoms with E-state index in [0.29, 0.717) is 5.57 Å². The third-order valence-electron chi connectivity index (χ3n) is 10.3. The average molecular weight is 825 g/mol. The number of benzene rings is 2. The predicted octanol–water partition coefficient (Wildman–Crippen LogP) is 4.17. The van der Waals surface area contributed by atoms with Crippen molar-refractivity contribution in [3.8, 4) is 23.0 Å². The van der Waals surface area contributed by atoms with E-state index in [-0.39, 0.29) is 93.8 Å². The summed E-state index contributed by atoms with van der Waals surface area (Å²) in [6.07, 6.45) is 8.56. The molecule has 0 aromatic heterocycles. The zero-order valence-corrected chi connectivity index (χ0v) is 33.0. The zero-order chi connectivity index (χ0) is 43.8. The first-order chi connectivity index (χ1) is 28.2. The van der Waals surface area contributed by atoms with Gasteiger partial charge in [-0.25, -0.2) is 9.59 Å². The lowest BCUT2D eigenvalue weighted by molar-refractivity contribution is -0.147. The highest BCUT2D eigenvalue weighted by Crippen LogP contribution is 2.40. The molecular formula is C44H40O16. The molecule has 2 aromatic carbocycles. The Balaban J connectivity index is 1.32. The first kappa shape index (κ1) is 42.4. The molecular weight excluding hydrogens is 784 g/mol. The topological polar surface area (TPSA) is 250 Å². The lowest BCUT2D eigenvalue weighted by atomic mass is 9.75. The summed E-state index contributed by atoms with van der Waals surface area (Å²) >= 11 is 0. The van der Waals surface area contributed by atoms with E-state index >= 15 is 0 Å². The van der Waals surface area contributed by atoms with Crippen molar-refractivity contribution < 1.29 is 78.0 Å². The molecule has 2 heterocycles. The molecule has 5 N–H and O–H groups in total. The number of ketones is 3. The monoisotopic (exact) mass is 824 g/mol. The number of allylic oxidation sites excluding steroid dienone is 7. The number of rotatable bonds is 9. The van der Waals surface area contributed by atoms with Crippen molar-refractivity contribution in [3.05, 3.63) is 128 Å². The van der Waals surface area contributed by atoms with Crippen LogP contribution < -0.4 is 0 Å². The highest BCUT2D eigenvalue weighted by atomic mass is 16.6. The van der Waals surface area contributed by atoms with E-state index in [4.69, 9.17) is 23.7 Å². The van der Waals surface area contributed by atoms with Crippen LogP contribution in [0.15, 0.2) is 106 Å². The van der Waals surface area contributed by atoms with Crippen molar-refractivity contribution >= 4 is 35.3 Å². The van der Waals surface area contributed by atoms with Gasteiger partial charge >= 0.3 is 17.9 Å². The molecule has 0 radical (unpaired) electrons. The zero-order valence-electron chi connectivity index (χ0n) is 33.0. The van der Waals surface area contributed by atoms with Crippen LogP contribution in [0.3, 0.4) is 0 Å². The smallest absolute Gasteiger partial charge is 0.343 e. The fraction of sp³-hybridized carbons (Fsp3) is 0.273. The van der Waals surface area contributed by atoms with Crippen LogP contribution in [0.2, 0.25) is 0 Å². The fourth-order valence-electron chi connectivity index (χ4n) is 7.13. The molecule has 3 atom stereocenters. The van der Waals surface area contributed by atoms with Gasteiger partial charge in [0.15, 0.2) is 11.4 Å². The molecule has 16 heteroatoms. The summed E-state index contributed by atoms with van der Waals surface area (Å²) in [4.78, 5) is 79.6. The predicted molar refractivity (Wildman–Crippen MR) is 207 cm³/mol. The van der Waals surface area contributed by atoms with Gasteiger partial charge in [-0.05, 0) is 92.5 Å². The van der Waals surface area contributed by atoms with Gasteiger partial charge in [0.1, 0.15) is 71.6 Å². The first-order valence-corrected chi connectivity index (χ1v) is 18.4. The summed E-state index contributed by atoms with van der Waals surface area (Å²) < 4.78 is 27.6. The van der Waals surface area contributed by atoms with Crippen LogP contribution in [0.4, 0.5) is 0 Å². The number of hydrogen-bond donors (Lipinski definition) is 5. The molecule has 6 rings (SSSR count). The van der Waals surface area contributed by atoms with Gasteiger partial charge < -0.3 is 49.2 Å². The van der Waals surface area contributed by atoms with E-state index in [2.05, 4.69) is 0 Å². The van der Waals surface area contributed by atoms with Crippen molar-refractivity contribution in [1.29, 1.82) is 0 Å². The number of carbonyl (C=O) groups excluding carboxylic acids is 6. The number of phenolic OH excluding ortho intramolecular Hbond substituents is 4. The van der Waals surface area contributed by atoms with Crippen LogP contribution in [0.1, 0.15) is 59.0 Å². The Morgan fingerprint density at radius 3 is 1.98 bits per heavy atom. The lowest BCUT2D eigenvalue weighted by Gasteiger charge is -2.38. The number of aliphatic hydroxyl groups is 1. The van der Waals surface area contributed by atoms with Gasteiger partial charge in [0.25, 0.3) is 0 Å². The van der Waals surface area contributed by atoms with Gasteiger partial charge in [-0.3, -0.25) is 19.2 Å². The number of hydrogen-bond acceptors (Lipinski definition) is 16. The van der Waals surface area contributed by atoms with Crippen molar-refractivity contribution in [3.63, 3.8) is 0 Å². The molecule has 0 amide bonds. The summed E-state index contributed by atoms with van der Waals surface area (Å²) in [5.41, 5.74) is -4.35. The van der Waals surface area contributed by atoms with Crippen LogP contribution >= 0.6 is 0 Å². The Kier molecular flexibility index (Phi) is 11.5. The minimum atomic E-state index is -2.44. The quantitative estimate of drug-likeness (QED) is 0.103. The average Bonchev–Trinajstić information content (AvgIpc) is 3.15. The Bertz CT molecular complexity index is 2440. The molecule has 2 aliphatic carbocycles. The standard InChI is InChI=1S/C44H40O16/c1-21-12-25(46)16-33(48)36(21)41(53)59-35-15-24-14-27(57-19-31(24)38(50)43(35,4)55)8-6-10-29-30-18-28(9-7-11-56-23(3)45)58-20-32(30)40(52)44(5,39(29)51)60-42(54)37-22(2)13-26(47)17-34(37)49/h6-10,12-14,16-18,35,46-49,55H,11,15,19-20H2,1-5H3. The van der Waals surface area contributed by atoms with Gasteiger partial charge in [-0.1, -0.05) is 12.2 Å². The maximum absolute atomic E-state index is 14.3. The summed E-state index contributed by atoms with van der Waals surface area (Å²) in [6.45, 7) is 5.75. The molecule has 4 aliphatic rings. The molecule has 2 aliphatic heterocycles. The van der Waals surface area contributed by atoms with E-state index in [1.54, 1.807) is 0 Å². The maximum Gasteiger partial charge on any atom is 0.343 e. The second-order valence-corrected chi connectivity index (χ2v) is 14.7. The number of phenols is 4. The molecule has 0 saturated carbocycles. The number of esters is 3. The lowest BCUT2D eigenvalue weighted by Crippen LogP contribution is -2.53. The van der Waals surface area contributed by atoms with Gasteiger partial charge in [-0.15, -0.1) is 0 Å². The minimum Gasteiger partial charge on any atom is -0.508 e. The molecule has 312 valence electrons. The number of carbonyl (C=O) groups is 6. The Morgan fingerprint density at radius 2 is 1.38 bits per heavy atom. The van der Waals surface area contributed by atoms with Crippen LogP contribution in [0.25, 0.3) is 0 Å². The van der Waals surface area contributed by atoms with Crippen molar-refractivity contribution in [2.45, 2.75) is 58.3 Å². The fourth-order valence-corrected chi connectivity index (χ4v) is 7.13. The number of ether oxygens (including phenoxy) is 5. The van der Waals surface area contributed by atoms with E-state index < -0.39 is 64.1 Å². The summed E-state index contributed by atoms with van der Waals surface area (Å²) in [5.74, 6) is -6.70. The highest BCUT2D eigenvalue weighted by molar-refractivity contribution is 6.29. The summed E-state index contributed by atoms with van der Waals surface area (Å²) in [5, 5.41) is 51.6. The van der Waals surface area contributed by atoms with Gasteiger partial charge in [-0.2, -0.15) is 0 Å².